The molecule has 0 radical (unpaired) electrons. The molecule has 0 bridgehead atoms. The Morgan fingerprint density at radius 1 is 0.553 bits per heavy atom. The predicted molar refractivity (Wildman–Crippen MR) is 144 cm³/mol. The quantitative estimate of drug-likeness (QED) is 0.320. The van der Waals surface area contributed by atoms with Gasteiger partial charge in [0.25, 0.3) is 0 Å². The Labute approximate surface area is 223 Å². The van der Waals surface area contributed by atoms with Crippen molar-refractivity contribution in [2.45, 2.75) is 26.4 Å². The number of aryl methyl sites for hydroxylation is 3. The zero-order chi connectivity index (χ0) is 28.6. The Kier molecular flexibility index (Phi) is 10.3. The summed E-state index contributed by atoms with van der Waals surface area (Å²) < 4.78 is 21.3. The van der Waals surface area contributed by atoms with Crippen molar-refractivity contribution in [3.05, 3.63) is 86.5 Å². The van der Waals surface area contributed by atoms with E-state index in [0.717, 1.165) is 0 Å². The number of rotatable bonds is 9. The highest BCUT2D eigenvalue weighted by molar-refractivity contribution is 5.81. The van der Waals surface area contributed by atoms with Crippen LogP contribution in [0.25, 0.3) is 0 Å². The van der Waals surface area contributed by atoms with Crippen LogP contribution in [0.4, 0.5) is 0 Å². The van der Waals surface area contributed by atoms with Gasteiger partial charge in [0, 0.05) is 47.6 Å². The summed E-state index contributed by atoms with van der Waals surface area (Å²) in [6.45, 7) is 5.26. The first kappa shape index (κ1) is 30.2. The van der Waals surface area contributed by atoms with Gasteiger partial charge in [0.15, 0.2) is 5.60 Å². The first-order chi connectivity index (χ1) is 18.1. The van der Waals surface area contributed by atoms with Gasteiger partial charge in [0.05, 0.1) is 21.3 Å². The SMILES string of the molecule is COC.COc1c(C)cc(C=O)cc1C(O)(c1cc(C=O)cc(C)c1OC)c1cc(C=O)cc(C)c1OC. The largest absolute Gasteiger partial charge is 0.496 e. The van der Waals surface area contributed by atoms with Crippen molar-refractivity contribution in [3.63, 3.8) is 0 Å². The molecule has 0 amide bonds. The van der Waals surface area contributed by atoms with Crippen molar-refractivity contribution in [3.8, 4) is 17.2 Å². The molecule has 0 saturated heterocycles. The van der Waals surface area contributed by atoms with Gasteiger partial charge in [-0.05, 0) is 73.9 Å². The Balaban J connectivity index is 0.00000161. The van der Waals surface area contributed by atoms with E-state index in [9.17, 15) is 19.5 Å². The summed E-state index contributed by atoms with van der Waals surface area (Å²) >= 11 is 0. The Bertz CT molecular complexity index is 1170. The third kappa shape index (κ3) is 5.61. The van der Waals surface area contributed by atoms with E-state index in [1.807, 2.05) is 0 Å². The summed E-state index contributed by atoms with van der Waals surface area (Å²) in [5, 5.41) is 12.8. The van der Waals surface area contributed by atoms with E-state index < -0.39 is 5.60 Å². The van der Waals surface area contributed by atoms with Crippen LogP contribution in [0.1, 0.15) is 64.5 Å². The molecule has 0 unspecified atom stereocenters. The van der Waals surface area contributed by atoms with Gasteiger partial charge in [-0.25, -0.2) is 0 Å². The molecule has 3 rings (SSSR count). The van der Waals surface area contributed by atoms with Crippen molar-refractivity contribution < 1.29 is 38.4 Å². The van der Waals surface area contributed by atoms with Crippen molar-refractivity contribution >= 4 is 18.9 Å². The molecule has 0 aromatic heterocycles. The van der Waals surface area contributed by atoms with Gasteiger partial charge >= 0.3 is 0 Å². The van der Waals surface area contributed by atoms with Crippen LogP contribution in [0.2, 0.25) is 0 Å². The fourth-order valence-electron chi connectivity index (χ4n) is 4.66. The molecule has 8 nitrogen and oxygen atoms in total. The summed E-state index contributed by atoms with van der Waals surface area (Å²) in [6, 6.07) is 9.48. The number of ether oxygens (including phenoxy) is 4. The number of benzene rings is 3. The van der Waals surface area contributed by atoms with Gasteiger partial charge in [0.2, 0.25) is 0 Å². The Morgan fingerprint density at radius 2 is 0.789 bits per heavy atom. The molecule has 38 heavy (non-hydrogen) atoms. The van der Waals surface area contributed by atoms with Crippen molar-refractivity contribution in [2.75, 3.05) is 35.5 Å². The highest BCUT2D eigenvalue weighted by Crippen LogP contribution is 2.50. The lowest BCUT2D eigenvalue weighted by Crippen LogP contribution is -2.32. The molecular weight excluding hydrogens is 488 g/mol. The zero-order valence-corrected chi connectivity index (χ0v) is 23.0. The summed E-state index contributed by atoms with van der Waals surface area (Å²) in [4.78, 5) is 35.4. The third-order valence-electron chi connectivity index (χ3n) is 6.08. The zero-order valence-electron chi connectivity index (χ0n) is 23.0. The van der Waals surface area contributed by atoms with Crippen LogP contribution in [0, 0.1) is 20.8 Å². The van der Waals surface area contributed by atoms with Crippen LogP contribution in [0.5, 0.6) is 17.2 Å². The maximum Gasteiger partial charge on any atom is 0.151 e. The van der Waals surface area contributed by atoms with Crippen LogP contribution in [0.3, 0.4) is 0 Å². The summed E-state index contributed by atoms with van der Waals surface area (Å²) in [6.07, 6.45) is 2.01. The molecule has 0 aliphatic rings. The molecule has 0 spiro atoms. The fraction of sp³-hybridized carbons (Fsp3) is 0.300. The average molecular weight is 523 g/mol. The number of hydrogen-bond donors (Lipinski definition) is 1. The van der Waals surface area contributed by atoms with Crippen LogP contribution < -0.4 is 14.2 Å². The van der Waals surface area contributed by atoms with Gasteiger partial charge < -0.3 is 24.1 Å². The molecule has 0 atom stereocenters. The summed E-state index contributed by atoms with van der Waals surface area (Å²) in [5.41, 5.74) is 1.36. The number of carbonyl (C=O) groups excluding carboxylic acids is 3. The number of aliphatic hydroxyl groups is 1. The number of methoxy groups -OCH3 is 4. The standard InChI is InChI=1S/C28H28O7.C2H6O/c1-16-7-19(13-29)10-22(25(16)33-4)28(32,23-11-20(14-30)8-17(2)26(23)34-5)24-12-21(15-31)9-18(3)27(24)35-6;1-3-2/h7-15,32H,1-6H3;1-2H3. The van der Waals surface area contributed by atoms with Crippen LogP contribution in [0.15, 0.2) is 36.4 Å². The minimum Gasteiger partial charge on any atom is -0.496 e. The monoisotopic (exact) mass is 522 g/mol. The van der Waals surface area contributed by atoms with Crippen LogP contribution in [-0.4, -0.2) is 59.5 Å². The normalized spacial score (nSPS) is 10.7. The Morgan fingerprint density at radius 3 is 0.974 bits per heavy atom. The highest BCUT2D eigenvalue weighted by Gasteiger charge is 2.43. The first-order valence-corrected chi connectivity index (χ1v) is 11.7. The molecule has 0 saturated carbocycles. The van der Waals surface area contributed by atoms with Crippen LogP contribution in [-0.2, 0) is 10.3 Å². The van der Waals surface area contributed by atoms with E-state index in [-0.39, 0.29) is 16.7 Å². The molecule has 0 fully saturated rings. The molecule has 8 heteroatoms. The van der Waals surface area contributed by atoms with Gasteiger partial charge in [-0.1, -0.05) is 0 Å². The van der Waals surface area contributed by atoms with E-state index in [1.54, 1.807) is 53.2 Å². The Hall–Kier alpha value is -4.01. The molecule has 0 aliphatic carbocycles. The van der Waals surface area contributed by atoms with E-state index in [0.29, 0.717) is 69.5 Å². The van der Waals surface area contributed by atoms with Crippen molar-refractivity contribution in [1.29, 1.82) is 0 Å². The van der Waals surface area contributed by atoms with Gasteiger partial charge in [-0.3, -0.25) is 14.4 Å². The van der Waals surface area contributed by atoms with E-state index >= 15 is 0 Å². The van der Waals surface area contributed by atoms with Crippen molar-refractivity contribution in [2.24, 2.45) is 0 Å². The van der Waals surface area contributed by atoms with Gasteiger partial charge in [0.1, 0.15) is 36.1 Å². The molecule has 0 aliphatic heterocycles. The number of hydrogen-bond acceptors (Lipinski definition) is 8. The molecule has 1 N–H and O–H groups in total. The first-order valence-electron chi connectivity index (χ1n) is 11.7. The second-order valence-corrected chi connectivity index (χ2v) is 8.73. The fourth-order valence-corrected chi connectivity index (χ4v) is 4.66. The molecule has 202 valence electrons. The maximum atomic E-state index is 12.8. The predicted octanol–water partition coefficient (Wildman–Crippen LogP) is 4.62. The molecule has 3 aromatic carbocycles. The minimum atomic E-state index is -2.06. The van der Waals surface area contributed by atoms with E-state index in [1.165, 1.54) is 39.5 Å². The number of carbonyl (C=O) groups is 3. The lowest BCUT2D eigenvalue weighted by Gasteiger charge is -2.35. The minimum absolute atomic E-state index is 0.226. The second-order valence-electron chi connectivity index (χ2n) is 8.73. The second kappa shape index (κ2) is 13.0. The van der Waals surface area contributed by atoms with E-state index in [2.05, 4.69) is 4.74 Å². The summed E-state index contributed by atoms with van der Waals surface area (Å²) in [5.74, 6) is 0.974. The van der Waals surface area contributed by atoms with E-state index in [4.69, 9.17) is 14.2 Å². The average Bonchev–Trinajstić information content (AvgIpc) is 2.91. The molecular formula is C30H34O8. The topological polar surface area (TPSA) is 108 Å². The highest BCUT2D eigenvalue weighted by atomic mass is 16.5. The lowest BCUT2D eigenvalue weighted by atomic mass is 9.76. The lowest BCUT2D eigenvalue weighted by molar-refractivity contribution is 0.111. The molecule has 3 aromatic rings. The smallest absolute Gasteiger partial charge is 0.151 e. The van der Waals surface area contributed by atoms with Crippen molar-refractivity contribution in [1.82, 2.24) is 0 Å². The summed E-state index contributed by atoms with van der Waals surface area (Å²) in [7, 11) is 7.63. The number of aldehydes is 3. The van der Waals surface area contributed by atoms with Crippen LogP contribution >= 0.6 is 0 Å². The molecule has 0 heterocycles. The van der Waals surface area contributed by atoms with Gasteiger partial charge in [-0.15, -0.1) is 0 Å². The maximum absolute atomic E-state index is 12.8. The van der Waals surface area contributed by atoms with Gasteiger partial charge in [-0.2, -0.15) is 0 Å². The third-order valence-corrected chi connectivity index (χ3v) is 6.08.